The van der Waals surface area contributed by atoms with Gasteiger partial charge >= 0.3 is 0 Å². The lowest BCUT2D eigenvalue weighted by Crippen LogP contribution is -1.87. The van der Waals surface area contributed by atoms with E-state index in [1.165, 1.54) is 0 Å². The summed E-state index contributed by atoms with van der Waals surface area (Å²) in [5.74, 6) is 0.0547. The summed E-state index contributed by atoms with van der Waals surface area (Å²) in [4.78, 5) is 14.3. The van der Waals surface area contributed by atoms with Gasteiger partial charge in [0.25, 0.3) is 0 Å². The van der Waals surface area contributed by atoms with Crippen LogP contribution in [0.4, 0.5) is 0 Å². The van der Waals surface area contributed by atoms with E-state index in [0.717, 1.165) is 16.3 Å². The molecule has 0 aliphatic heterocycles. The first kappa shape index (κ1) is 9.90. The summed E-state index contributed by atoms with van der Waals surface area (Å²) in [6.07, 6.45) is 0.694. The maximum Gasteiger partial charge on any atom is 0.155 e. The van der Waals surface area contributed by atoms with Gasteiger partial charge < -0.3 is 10.1 Å². The number of rotatable bonds is 1. The van der Waals surface area contributed by atoms with Gasteiger partial charge in [0.15, 0.2) is 6.29 Å². The number of hydrogen-bond acceptors (Lipinski definition) is 2. The number of carbonyl (C=O) groups is 1. The van der Waals surface area contributed by atoms with Crippen LogP contribution in [0.25, 0.3) is 21.8 Å². The minimum Gasteiger partial charge on any atom is -0.507 e. The van der Waals surface area contributed by atoms with Crippen LogP contribution >= 0.6 is 0 Å². The summed E-state index contributed by atoms with van der Waals surface area (Å²) in [5, 5.41) is 11.9. The van der Waals surface area contributed by atoms with E-state index < -0.39 is 0 Å². The minimum atomic E-state index is 0.0547. The number of phenols is 1. The van der Waals surface area contributed by atoms with Crippen LogP contribution in [0.3, 0.4) is 0 Å². The molecule has 0 radical (unpaired) electrons. The van der Waals surface area contributed by atoms with Crippen LogP contribution in [-0.2, 0) is 0 Å². The van der Waals surface area contributed by atoms with Crippen molar-refractivity contribution in [1.82, 2.24) is 4.98 Å². The van der Waals surface area contributed by atoms with Crippen molar-refractivity contribution >= 4 is 28.1 Å². The Hall–Kier alpha value is -2.29. The molecule has 84 valence electrons. The van der Waals surface area contributed by atoms with Crippen LogP contribution < -0.4 is 0 Å². The number of aromatic hydroxyl groups is 1. The van der Waals surface area contributed by atoms with Gasteiger partial charge in [0.1, 0.15) is 5.75 Å². The van der Waals surface area contributed by atoms with Crippen molar-refractivity contribution in [1.29, 1.82) is 0 Å². The number of phenolic OH excluding ortho intramolecular Hbond substituents is 1. The SMILES string of the molecule is Cc1cc2c([nH]c3ccccc32)c(C=O)c1O. The van der Waals surface area contributed by atoms with E-state index in [0.29, 0.717) is 22.9 Å². The van der Waals surface area contributed by atoms with E-state index in [4.69, 9.17) is 0 Å². The summed E-state index contributed by atoms with van der Waals surface area (Å²) in [6.45, 7) is 1.80. The summed E-state index contributed by atoms with van der Waals surface area (Å²) in [7, 11) is 0. The molecule has 0 saturated heterocycles. The molecule has 3 heteroatoms. The molecule has 1 aromatic heterocycles. The lowest BCUT2D eigenvalue weighted by molar-refractivity contribution is 0.112. The Labute approximate surface area is 97.7 Å². The Bertz CT molecular complexity index is 741. The molecule has 0 unspecified atom stereocenters. The van der Waals surface area contributed by atoms with E-state index in [2.05, 4.69) is 4.98 Å². The molecule has 1 heterocycles. The third kappa shape index (κ3) is 1.25. The number of H-pyrrole nitrogens is 1. The fourth-order valence-electron chi connectivity index (χ4n) is 2.26. The molecule has 3 aromatic rings. The van der Waals surface area contributed by atoms with Gasteiger partial charge in [-0.05, 0) is 24.6 Å². The molecule has 2 N–H and O–H groups in total. The fraction of sp³-hybridized carbons (Fsp3) is 0.0714. The molecule has 0 bridgehead atoms. The van der Waals surface area contributed by atoms with Gasteiger partial charge in [-0.1, -0.05) is 18.2 Å². The Morgan fingerprint density at radius 2 is 2.00 bits per heavy atom. The predicted molar refractivity (Wildman–Crippen MR) is 67.6 cm³/mol. The molecule has 0 amide bonds. The van der Waals surface area contributed by atoms with E-state index in [1.807, 2.05) is 30.3 Å². The lowest BCUT2D eigenvalue weighted by Gasteiger charge is -2.03. The molecule has 0 fully saturated rings. The Morgan fingerprint density at radius 1 is 1.24 bits per heavy atom. The zero-order chi connectivity index (χ0) is 12.0. The number of aldehydes is 1. The van der Waals surface area contributed by atoms with Crippen LogP contribution in [0.2, 0.25) is 0 Å². The number of aromatic amines is 1. The van der Waals surface area contributed by atoms with Gasteiger partial charge in [0, 0.05) is 16.3 Å². The average Bonchev–Trinajstić information content (AvgIpc) is 2.69. The molecule has 2 aromatic carbocycles. The highest BCUT2D eigenvalue weighted by Crippen LogP contribution is 2.33. The second-order valence-electron chi connectivity index (χ2n) is 4.17. The van der Waals surface area contributed by atoms with Crippen LogP contribution in [0.5, 0.6) is 5.75 Å². The third-order valence-corrected chi connectivity index (χ3v) is 3.12. The first-order valence-electron chi connectivity index (χ1n) is 5.40. The Kier molecular flexibility index (Phi) is 1.95. The zero-order valence-corrected chi connectivity index (χ0v) is 9.32. The number of aryl methyl sites for hydroxylation is 1. The Morgan fingerprint density at radius 3 is 2.76 bits per heavy atom. The summed E-state index contributed by atoms with van der Waals surface area (Å²) < 4.78 is 0. The smallest absolute Gasteiger partial charge is 0.155 e. The monoisotopic (exact) mass is 225 g/mol. The quantitative estimate of drug-likeness (QED) is 0.625. The van der Waals surface area contributed by atoms with E-state index >= 15 is 0 Å². The van der Waals surface area contributed by atoms with Gasteiger partial charge in [-0.2, -0.15) is 0 Å². The van der Waals surface area contributed by atoms with Crippen molar-refractivity contribution in [3.05, 3.63) is 41.5 Å². The topological polar surface area (TPSA) is 53.1 Å². The molecule has 0 atom stereocenters. The standard InChI is InChI=1S/C14H11NO2/c1-8-6-10-9-4-2-3-5-12(9)15-13(10)11(7-16)14(8)17/h2-7,15,17H,1H3. The molecular formula is C14H11NO2. The van der Waals surface area contributed by atoms with Gasteiger partial charge in [-0.3, -0.25) is 4.79 Å². The molecule has 17 heavy (non-hydrogen) atoms. The normalized spacial score (nSPS) is 11.1. The maximum absolute atomic E-state index is 11.1. The number of carbonyl (C=O) groups excluding carboxylic acids is 1. The third-order valence-electron chi connectivity index (χ3n) is 3.12. The van der Waals surface area contributed by atoms with Crippen molar-refractivity contribution < 1.29 is 9.90 Å². The van der Waals surface area contributed by atoms with E-state index in [1.54, 1.807) is 6.92 Å². The largest absolute Gasteiger partial charge is 0.507 e. The first-order chi connectivity index (χ1) is 8.22. The summed E-state index contributed by atoms with van der Waals surface area (Å²) >= 11 is 0. The number of aromatic nitrogens is 1. The minimum absolute atomic E-state index is 0.0547. The second kappa shape index (κ2) is 3.35. The maximum atomic E-state index is 11.1. The highest BCUT2D eigenvalue weighted by atomic mass is 16.3. The average molecular weight is 225 g/mol. The molecule has 0 aliphatic rings. The number of para-hydroxylation sites is 1. The molecule has 0 saturated carbocycles. The Balaban J connectivity index is 2.61. The highest BCUT2D eigenvalue weighted by Gasteiger charge is 2.13. The second-order valence-corrected chi connectivity index (χ2v) is 4.17. The number of benzene rings is 2. The van der Waals surface area contributed by atoms with Gasteiger partial charge in [-0.25, -0.2) is 0 Å². The molecule has 0 aliphatic carbocycles. The van der Waals surface area contributed by atoms with E-state index in [-0.39, 0.29) is 5.75 Å². The van der Waals surface area contributed by atoms with Crippen molar-refractivity contribution in [2.45, 2.75) is 6.92 Å². The summed E-state index contributed by atoms with van der Waals surface area (Å²) in [6, 6.07) is 9.75. The van der Waals surface area contributed by atoms with Crippen LogP contribution in [-0.4, -0.2) is 16.4 Å². The van der Waals surface area contributed by atoms with Gasteiger partial charge in [0.05, 0.1) is 11.1 Å². The highest BCUT2D eigenvalue weighted by molar-refractivity contribution is 6.13. The first-order valence-corrected chi connectivity index (χ1v) is 5.40. The van der Waals surface area contributed by atoms with Crippen molar-refractivity contribution in [3.8, 4) is 5.75 Å². The van der Waals surface area contributed by atoms with Crippen molar-refractivity contribution in [3.63, 3.8) is 0 Å². The van der Waals surface area contributed by atoms with Crippen molar-refractivity contribution in [2.75, 3.05) is 0 Å². The number of fused-ring (bicyclic) bond motifs is 3. The lowest BCUT2D eigenvalue weighted by atomic mass is 10.0. The molecular weight excluding hydrogens is 214 g/mol. The molecule has 3 rings (SSSR count). The predicted octanol–water partition coefficient (Wildman–Crippen LogP) is 3.15. The van der Waals surface area contributed by atoms with Crippen LogP contribution in [0, 0.1) is 6.92 Å². The zero-order valence-electron chi connectivity index (χ0n) is 9.32. The van der Waals surface area contributed by atoms with Crippen LogP contribution in [0.15, 0.2) is 30.3 Å². The number of nitrogens with one attached hydrogen (secondary N) is 1. The number of hydrogen-bond donors (Lipinski definition) is 2. The van der Waals surface area contributed by atoms with Gasteiger partial charge in [-0.15, -0.1) is 0 Å². The molecule has 0 spiro atoms. The van der Waals surface area contributed by atoms with Crippen LogP contribution in [0.1, 0.15) is 15.9 Å². The summed E-state index contributed by atoms with van der Waals surface area (Å²) in [5.41, 5.74) is 2.71. The van der Waals surface area contributed by atoms with Crippen molar-refractivity contribution in [2.24, 2.45) is 0 Å². The fourth-order valence-corrected chi connectivity index (χ4v) is 2.26. The molecule has 3 nitrogen and oxygen atoms in total. The van der Waals surface area contributed by atoms with Gasteiger partial charge in [0.2, 0.25) is 0 Å². The van der Waals surface area contributed by atoms with E-state index in [9.17, 15) is 9.90 Å².